The Kier molecular flexibility index (Phi) is 2.59. The number of nitrogens with two attached hydrogens (primary N) is 1. The summed E-state index contributed by atoms with van der Waals surface area (Å²) in [4.78, 5) is 4.48. The third-order valence-corrected chi connectivity index (χ3v) is 3.17. The van der Waals surface area contributed by atoms with E-state index in [0.717, 1.165) is 26.7 Å². The molecular formula is C14H11BrN2O. The standard InChI is InChI=1S/C14H11BrN2O/c1-8-2-3-13-12(4-8)17-14(18-13)9-5-10(15)7-11(16)6-9/h2-7H,16H2,1H3. The number of benzene rings is 2. The van der Waals surface area contributed by atoms with Gasteiger partial charge in [0.05, 0.1) is 0 Å². The van der Waals surface area contributed by atoms with Crippen LogP contribution in [0, 0.1) is 6.92 Å². The molecule has 0 radical (unpaired) electrons. The van der Waals surface area contributed by atoms with Crippen molar-refractivity contribution in [2.45, 2.75) is 6.92 Å². The van der Waals surface area contributed by atoms with Crippen molar-refractivity contribution in [1.29, 1.82) is 0 Å². The predicted octanol–water partition coefficient (Wildman–Crippen LogP) is 4.15. The monoisotopic (exact) mass is 302 g/mol. The first-order valence-electron chi connectivity index (χ1n) is 5.55. The van der Waals surface area contributed by atoms with Gasteiger partial charge in [-0.2, -0.15) is 0 Å². The highest BCUT2D eigenvalue weighted by Crippen LogP contribution is 2.28. The SMILES string of the molecule is Cc1ccc2oc(-c3cc(N)cc(Br)c3)nc2c1. The fourth-order valence-electron chi connectivity index (χ4n) is 1.90. The number of rotatable bonds is 1. The van der Waals surface area contributed by atoms with Gasteiger partial charge in [-0.05, 0) is 42.8 Å². The van der Waals surface area contributed by atoms with Gasteiger partial charge < -0.3 is 10.2 Å². The first-order valence-corrected chi connectivity index (χ1v) is 6.35. The number of nitrogens with zero attached hydrogens (tertiary/aromatic N) is 1. The van der Waals surface area contributed by atoms with Crippen LogP contribution in [0.4, 0.5) is 5.69 Å². The molecule has 3 rings (SSSR count). The minimum absolute atomic E-state index is 0.587. The summed E-state index contributed by atoms with van der Waals surface area (Å²) in [7, 11) is 0. The molecule has 0 atom stereocenters. The van der Waals surface area contributed by atoms with Crippen LogP contribution in [-0.2, 0) is 0 Å². The number of nitrogen functional groups attached to an aromatic ring is 1. The third kappa shape index (κ3) is 1.99. The van der Waals surface area contributed by atoms with Crippen LogP contribution in [0.5, 0.6) is 0 Å². The number of fused-ring (bicyclic) bond motifs is 1. The Morgan fingerprint density at radius 1 is 1.17 bits per heavy atom. The normalized spacial score (nSPS) is 11.0. The van der Waals surface area contributed by atoms with Gasteiger partial charge in [-0.3, -0.25) is 0 Å². The van der Waals surface area contributed by atoms with E-state index in [2.05, 4.69) is 20.9 Å². The van der Waals surface area contributed by atoms with Gasteiger partial charge >= 0.3 is 0 Å². The van der Waals surface area contributed by atoms with Crippen LogP contribution in [-0.4, -0.2) is 4.98 Å². The van der Waals surface area contributed by atoms with Gasteiger partial charge in [0.1, 0.15) is 5.52 Å². The molecule has 0 aliphatic rings. The number of halogens is 1. The van der Waals surface area contributed by atoms with Crippen LogP contribution in [0.15, 0.2) is 45.3 Å². The van der Waals surface area contributed by atoms with Gasteiger partial charge in [-0.1, -0.05) is 22.0 Å². The van der Waals surface area contributed by atoms with Gasteiger partial charge in [0.2, 0.25) is 5.89 Å². The molecule has 1 heterocycles. The molecule has 4 heteroatoms. The van der Waals surface area contributed by atoms with Gasteiger partial charge in [-0.15, -0.1) is 0 Å². The lowest BCUT2D eigenvalue weighted by Gasteiger charge is -1.99. The summed E-state index contributed by atoms with van der Waals surface area (Å²) in [6.45, 7) is 2.03. The smallest absolute Gasteiger partial charge is 0.227 e. The lowest BCUT2D eigenvalue weighted by Crippen LogP contribution is -1.86. The van der Waals surface area contributed by atoms with Crippen LogP contribution in [0.25, 0.3) is 22.6 Å². The molecule has 0 saturated heterocycles. The van der Waals surface area contributed by atoms with Crippen LogP contribution in [0.3, 0.4) is 0 Å². The molecule has 2 N–H and O–H groups in total. The first-order chi connectivity index (χ1) is 8.61. The summed E-state index contributed by atoms with van der Waals surface area (Å²) in [5.41, 5.74) is 10.2. The average Bonchev–Trinajstić information content (AvgIpc) is 2.70. The fourth-order valence-corrected chi connectivity index (χ4v) is 2.41. The molecule has 0 unspecified atom stereocenters. The summed E-state index contributed by atoms with van der Waals surface area (Å²) >= 11 is 3.42. The summed E-state index contributed by atoms with van der Waals surface area (Å²) in [6.07, 6.45) is 0. The highest BCUT2D eigenvalue weighted by Gasteiger charge is 2.09. The summed E-state index contributed by atoms with van der Waals surface area (Å²) in [5, 5.41) is 0. The van der Waals surface area contributed by atoms with E-state index in [-0.39, 0.29) is 0 Å². The molecule has 90 valence electrons. The van der Waals surface area contributed by atoms with E-state index >= 15 is 0 Å². The maximum Gasteiger partial charge on any atom is 0.227 e. The van der Waals surface area contributed by atoms with Gasteiger partial charge in [0.25, 0.3) is 0 Å². The molecule has 3 nitrogen and oxygen atoms in total. The van der Waals surface area contributed by atoms with E-state index in [1.54, 1.807) is 0 Å². The number of oxazole rings is 1. The van der Waals surface area contributed by atoms with E-state index in [1.807, 2.05) is 43.3 Å². The zero-order valence-corrected chi connectivity index (χ0v) is 11.4. The third-order valence-electron chi connectivity index (χ3n) is 2.71. The largest absolute Gasteiger partial charge is 0.436 e. The van der Waals surface area contributed by atoms with Crippen LogP contribution < -0.4 is 5.73 Å². The Balaban J connectivity index is 2.19. The Hall–Kier alpha value is -1.81. The van der Waals surface area contributed by atoms with E-state index < -0.39 is 0 Å². The van der Waals surface area contributed by atoms with Crippen molar-refractivity contribution in [3.05, 3.63) is 46.4 Å². The molecule has 0 aliphatic carbocycles. The highest BCUT2D eigenvalue weighted by molar-refractivity contribution is 9.10. The molecule has 0 saturated carbocycles. The van der Waals surface area contributed by atoms with Gasteiger partial charge in [0.15, 0.2) is 5.58 Å². The van der Waals surface area contributed by atoms with Crippen LogP contribution in [0.2, 0.25) is 0 Å². The molecule has 0 aliphatic heterocycles. The topological polar surface area (TPSA) is 52.0 Å². The predicted molar refractivity (Wildman–Crippen MR) is 76.3 cm³/mol. The minimum atomic E-state index is 0.587. The molecular weight excluding hydrogens is 292 g/mol. The van der Waals surface area contributed by atoms with Gasteiger partial charge in [-0.25, -0.2) is 4.98 Å². The second-order valence-electron chi connectivity index (χ2n) is 4.26. The van der Waals surface area contributed by atoms with E-state index in [9.17, 15) is 0 Å². The molecule has 0 spiro atoms. The molecule has 0 fully saturated rings. The number of hydrogen-bond acceptors (Lipinski definition) is 3. The average molecular weight is 303 g/mol. The van der Waals surface area contributed by atoms with Crippen molar-refractivity contribution in [2.24, 2.45) is 0 Å². The van der Waals surface area contributed by atoms with E-state index in [4.69, 9.17) is 10.2 Å². The Bertz CT molecular complexity index is 713. The molecule has 1 aromatic heterocycles. The van der Waals surface area contributed by atoms with E-state index in [1.165, 1.54) is 0 Å². The molecule has 0 amide bonds. The number of hydrogen-bond donors (Lipinski definition) is 1. The Morgan fingerprint density at radius 3 is 2.78 bits per heavy atom. The molecule has 0 bridgehead atoms. The second kappa shape index (κ2) is 4.14. The lowest BCUT2D eigenvalue weighted by atomic mass is 10.2. The Labute approximate surface area is 113 Å². The van der Waals surface area contributed by atoms with Crippen molar-refractivity contribution >= 4 is 32.7 Å². The Morgan fingerprint density at radius 2 is 2.00 bits per heavy atom. The van der Waals surface area contributed by atoms with Crippen molar-refractivity contribution in [2.75, 3.05) is 5.73 Å². The number of aromatic nitrogens is 1. The fraction of sp³-hybridized carbons (Fsp3) is 0.0714. The lowest BCUT2D eigenvalue weighted by molar-refractivity contribution is 0.620. The number of anilines is 1. The second-order valence-corrected chi connectivity index (χ2v) is 5.18. The quantitative estimate of drug-likeness (QED) is 0.687. The summed E-state index contributed by atoms with van der Waals surface area (Å²) < 4.78 is 6.64. The maximum absolute atomic E-state index is 5.82. The minimum Gasteiger partial charge on any atom is -0.436 e. The molecule has 2 aromatic carbocycles. The highest BCUT2D eigenvalue weighted by atomic mass is 79.9. The van der Waals surface area contributed by atoms with Gasteiger partial charge in [0, 0.05) is 15.7 Å². The van der Waals surface area contributed by atoms with Crippen molar-refractivity contribution in [3.8, 4) is 11.5 Å². The summed E-state index contributed by atoms with van der Waals surface area (Å²) in [5.74, 6) is 0.587. The van der Waals surface area contributed by atoms with Crippen molar-refractivity contribution in [3.63, 3.8) is 0 Å². The number of aryl methyl sites for hydroxylation is 1. The van der Waals surface area contributed by atoms with Crippen LogP contribution in [0.1, 0.15) is 5.56 Å². The van der Waals surface area contributed by atoms with E-state index in [0.29, 0.717) is 11.6 Å². The zero-order valence-electron chi connectivity index (χ0n) is 9.77. The van der Waals surface area contributed by atoms with Crippen molar-refractivity contribution < 1.29 is 4.42 Å². The maximum atomic E-state index is 5.82. The molecule has 18 heavy (non-hydrogen) atoms. The summed E-state index contributed by atoms with van der Waals surface area (Å²) in [6, 6.07) is 11.6. The zero-order chi connectivity index (χ0) is 12.7. The van der Waals surface area contributed by atoms with Crippen molar-refractivity contribution in [1.82, 2.24) is 4.98 Å². The molecule has 3 aromatic rings. The first kappa shape index (κ1) is 11.3. The van der Waals surface area contributed by atoms with Crippen LogP contribution >= 0.6 is 15.9 Å².